The van der Waals surface area contributed by atoms with Crippen LogP contribution in [0.3, 0.4) is 0 Å². The van der Waals surface area contributed by atoms with E-state index in [2.05, 4.69) is 4.98 Å². The molecular weight excluding hydrogens is 314 g/mol. The van der Waals surface area contributed by atoms with Crippen LogP contribution in [-0.4, -0.2) is 38.1 Å². The van der Waals surface area contributed by atoms with Crippen molar-refractivity contribution in [3.8, 4) is 0 Å². The second kappa shape index (κ2) is 6.30. The number of hydrogen-bond donors (Lipinski definition) is 1. The monoisotopic (exact) mass is 339 g/mol. The first-order valence-corrected chi connectivity index (χ1v) is 9.17. The van der Waals surface area contributed by atoms with Gasteiger partial charge in [-0.3, -0.25) is 4.79 Å². The average Bonchev–Trinajstić information content (AvgIpc) is 3.08. The Morgan fingerprint density at radius 2 is 2.00 bits per heavy atom. The standard InChI is InChI=1S/C20H25N3O2/c1-22-14-12-21-18(22)19(24)23-13-11-20(25,15-7-3-2-4-8-15)16-9-5-6-10-17(16)23/h2-4,7-8,12,14,16-17,25H,5-6,9-11,13H2,1H3. The number of rotatable bonds is 2. The summed E-state index contributed by atoms with van der Waals surface area (Å²) in [4.78, 5) is 19.2. The third-order valence-corrected chi connectivity index (χ3v) is 6.02. The maximum Gasteiger partial charge on any atom is 0.290 e. The van der Waals surface area contributed by atoms with Crippen molar-refractivity contribution in [1.82, 2.24) is 14.5 Å². The summed E-state index contributed by atoms with van der Waals surface area (Å²) in [6.45, 7) is 0.568. The fourth-order valence-electron chi connectivity index (χ4n) is 4.72. The molecule has 2 aliphatic rings. The van der Waals surface area contributed by atoms with Crippen molar-refractivity contribution < 1.29 is 9.90 Å². The Kier molecular flexibility index (Phi) is 4.12. The highest BCUT2D eigenvalue weighted by atomic mass is 16.3. The van der Waals surface area contributed by atoms with E-state index in [1.54, 1.807) is 17.0 Å². The van der Waals surface area contributed by atoms with Crippen molar-refractivity contribution in [2.24, 2.45) is 13.0 Å². The zero-order chi connectivity index (χ0) is 17.4. The van der Waals surface area contributed by atoms with Gasteiger partial charge in [-0.1, -0.05) is 43.2 Å². The summed E-state index contributed by atoms with van der Waals surface area (Å²) in [5.41, 5.74) is 0.140. The number of likely N-dealkylation sites (tertiary alicyclic amines) is 1. The minimum atomic E-state index is -0.842. The number of carbonyl (C=O) groups is 1. The highest BCUT2D eigenvalue weighted by Gasteiger charge is 2.50. The van der Waals surface area contributed by atoms with Gasteiger partial charge in [0.05, 0.1) is 5.60 Å². The largest absolute Gasteiger partial charge is 0.385 e. The molecule has 3 atom stereocenters. The Bertz CT molecular complexity index is 757. The molecule has 1 aromatic heterocycles. The van der Waals surface area contributed by atoms with Gasteiger partial charge in [-0.25, -0.2) is 4.98 Å². The summed E-state index contributed by atoms with van der Waals surface area (Å²) in [6.07, 6.45) is 8.17. The van der Waals surface area contributed by atoms with Crippen molar-refractivity contribution in [3.63, 3.8) is 0 Å². The van der Waals surface area contributed by atoms with Gasteiger partial charge < -0.3 is 14.6 Å². The molecule has 1 saturated heterocycles. The second-order valence-corrected chi connectivity index (χ2v) is 7.36. The van der Waals surface area contributed by atoms with Crippen LogP contribution in [0.5, 0.6) is 0 Å². The molecule has 132 valence electrons. The van der Waals surface area contributed by atoms with E-state index in [-0.39, 0.29) is 17.9 Å². The number of piperidine rings is 1. The third kappa shape index (κ3) is 2.67. The summed E-state index contributed by atoms with van der Waals surface area (Å²) < 4.78 is 1.78. The van der Waals surface area contributed by atoms with Crippen molar-refractivity contribution >= 4 is 5.91 Å². The fraction of sp³-hybridized carbons (Fsp3) is 0.500. The van der Waals surface area contributed by atoms with Gasteiger partial charge in [-0.15, -0.1) is 0 Å². The van der Waals surface area contributed by atoms with Gasteiger partial charge >= 0.3 is 0 Å². The molecule has 2 heterocycles. The van der Waals surface area contributed by atoms with Gasteiger partial charge in [0.25, 0.3) is 5.91 Å². The predicted octanol–water partition coefficient (Wildman–Crippen LogP) is 2.71. The molecule has 1 saturated carbocycles. The lowest BCUT2D eigenvalue weighted by molar-refractivity contribution is -0.110. The van der Waals surface area contributed by atoms with E-state index >= 15 is 0 Å². The van der Waals surface area contributed by atoms with E-state index in [0.717, 1.165) is 31.2 Å². The summed E-state index contributed by atoms with van der Waals surface area (Å²) in [7, 11) is 1.85. The Morgan fingerprint density at radius 3 is 2.72 bits per heavy atom. The zero-order valence-electron chi connectivity index (χ0n) is 14.6. The van der Waals surface area contributed by atoms with E-state index in [9.17, 15) is 9.90 Å². The molecule has 25 heavy (non-hydrogen) atoms. The number of imidazole rings is 1. The Morgan fingerprint density at radius 1 is 1.24 bits per heavy atom. The van der Waals surface area contributed by atoms with Crippen LogP contribution in [0, 0.1) is 5.92 Å². The topological polar surface area (TPSA) is 58.4 Å². The maximum atomic E-state index is 13.0. The van der Waals surface area contributed by atoms with Crippen LogP contribution in [0.2, 0.25) is 0 Å². The lowest BCUT2D eigenvalue weighted by Crippen LogP contribution is -2.59. The van der Waals surface area contributed by atoms with Gasteiger partial charge in [-0.05, 0) is 24.8 Å². The zero-order valence-corrected chi connectivity index (χ0v) is 14.6. The van der Waals surface area contributed by atoms with Crippen molar-refractivity contribution in [2.45, 2.75) is 43.7 Å². The Labute approximate surface area is 148 Å². The first kappa shape index (κ1) is 16.3. The van der Waals surface area contributed by atoms with Gasteiger partial charge in [0.15, 0.2) is 5.82 Å². The van der Waals surface area contributed by atoms with E-state index in [4.69, 9.17) is 0 Å². The van der Waals surface area contributed by atoms with E-state index in [0.29, 0.717) is 18.8 Å². The van der Waals surface area contributed by atoms with Crippen molar-refractivity contribution in [1.29, 1.82) is 0 Å². The molecule has 0 radical (unpaired) electrons. The number of fused-ring (bicyclic) bond motifs is 1. The predicted molar refractivity (Wildman–Crippen MR) is 94.9 cm³/mol. The molecule has 5 heteroatoms. The maximum absolute atomic E-state index is 13.0. The van der Waals surface area contributed by atoms with Crippen LogP contribution in [-0.2, 0) is 12.6 Å². The fourth-order valence-corrected chi connectivity index (χ4v) is 4.72. The number of carbonyl (C=O) groups excluding carboxylic acids is 1. The van der Waals surface area contributed by atoms with E-state index < -0.39 is 5.60 Å². The quantitative estimate of drug-likeness (QED) is 0.915. The number of nitrogens with zero attached hydrogens (tertiary/aromatic N) is 3. The third-order valence-electron chi connectivity index (χ3n) is 6.02. The molecule has 0 spiro atoms. The molecule has 2 fully saturated rings. The first-order valence-electron chi connectivity index (χ1n) is 9.17. The molecule has 4 rings (SSSR count). The van der Waals surface area contributed by atoms with Gasteiger partial charge in [-0.2, -0.15) is 0 Å². The highest BCUT2D eigenvalue weighted by Crippen LogP contribution is 2.47. The van der Waals surface area contributed by atoms with Crippen LogP contribution in [0.4, 0.5) is 0 Å². The minimum Gasteiger partial charge on any atom is -0.385 e. The molecular formula is C20H25N3O2. The SMILES string of the molecule is Cn1ccnc1C(=O)N1CCC(O)(c2ccccc2)C2CCCCC21. The summed E-state index contributed by atoms with van der Waals surface area (Å²) >= 11 is 0. The molecule has 2 aromatic rings. The van der Waals surface area contributed by atoms with E-state index in [1.807, 2.05) is 42.3 Å². The van der Waals surface area contributed by atoms with Gasteiger partial charge in [0.1, 0.15) is 0 Å². The number of hydrogen-bond acceptors (Lipinski definition) is 3. The van der Waals surface area contributed by atoms with Crippen LogP contribution in [0.25, 0.3) is 0 Å². The average molecular weight is 339 g/mol. The summed E-state index contributed by atoms with van der Waals surface area (Å²) in [6, 6.07) is 10.1. The molecule has 1 amide bonds. The van der Waals surface area contributed by atoms with Crippen molar-refractivity contribution in [2.75, 3.05) is 6.54 Å². The highest BCUT2D eigenvalue weighted by molar-refractivity contribution is 5.91. The molecule has 1 N–H and O–H groups in total. The lowest BCUT2D eigenvalue weighted by Gasteiger charge is -2.52. The molecule has 1 aliphatic carbocycles. The van der Waals surface area contributed by atoms with Crippen LogP contribution in [0.15, 0.2) is 42.7 Å². The smallest absolute Gasteiger partial charge is 0.290 e. The second-order valence-electron chi connectivity index (χ2n) is 7.36. The minimum absolute atomic E-state index is 0.0143. The molecule has 1 aliphatic heterocycles. The Hall–Kier alpha value is -2.14. The molecule has 5 nitrogen and oxygen atoms in total. The van der Waals surface area contributed by atoms with E-state index in [1.165, 1.54) is 0 Å². The summed E-state index contributed by atoms with van der Waals surface area (Å²) in [5.74, 6) is 0.551. The summed E-state index contributed by atoms with van der Waals surface area (Å²) in [5, 5.41) is 11.6. The molecule has 3 unspecified atom stereocenters. The lowest BCUT2D eigenvalue weighted by atomic mass is 9.66. The number of aromatic nitrogens is 2. The number of amides is 1. The number of benzene rings is 1. The number of aliphatic hydroxyl groups is 1. The van der Waals surface area contributed by atoms with Crippen LogP contribution < -0.4 is 0 Å². The molecule has 1 aromatic carbocycles. The molecule has 0 bridgehead atoms. The van der Waals surface area contributed by atoms with Crippen molar-refractivity contribution in [3.05, 3.63) is 54.1 Å². The number of aryl methyl sites for hydroxylation is 1. The Balaban J connectivity index is 1.67. The normalized spacial score (nSPS) is 29.3. The van der Waals surface area contributed by atoms with Gasteiger partial charge in [0, 0.05) is 37.9 Å². The first-order chi connectivity index (χ1) is 12.1. The van der Waals surface area contributed by atoms with Gasteiger partial charge in [0.2, 0.25) is 0 Å². The van der Waals surface area contributed by atoms with Crippen LogP contribution in [0.1, 0.15) is 48.3 Å². The van der Waals surface area contributed by atoms with Crippen LogP contribution >= 0.6 is 0 Å².